The van der Waals surface area contributed by atoms with Gasteiger partial charge in [0.2, 0.25) is 10.0 Å². The second-order valence-corrected chi connectivity index (χ2v) is 11.0. The van der Waals surface area contributed by atoms with Crippen LogP contribution in [0.15, 0.2) is 77.7 Å². The number of aliphatic hydroxyl groups excluding tert-OH is 1. The molecule has 2 atom stereocenters. The normalized spacial score (nSPS) is 17.7. The summed E-state index contributed by atoms with van der Waals surface area (Å²) >= 11 is 0. The van der Waals surface area contributed by atoms with E-state index < -0.39 is 16.1 Å². The molecule has 7 heteroatoms. The highest BCUT2D eigenvalue weighted by molar-refractivity contribution is 7.89. The van der Waals surface area contributed by atoms with E-state index in [-0.39, 0.29) is 24.1 Å². The van der Waals surface area contributed by atoms with E-state index >= 15 is 0 Å². The topological polar surface area (TPSA) is 71.8 Å². The fraction of sp³-hybridized carbons (Fsp3) is 0.333. The van der Waals surface area contributed by atoms with Crippen LogP contribution in [0.5, 0.6) is 0 Å². The number of aromatic nitrogens is 1. The Morgan fingerprint density at radius 3 is 2.21 bits per heavy atom. The average molecular weight is 479 g/mol. The molecule has 178 valence electrons. The molecule has 0 amide bonds. The first-order chi connectivity index (χ1) is 16.4. The summed E-state index contributed by atoms with van der Waals surface area (Å²) in [6.07, 6.45) is 0.706. The number of hydrogen-bond donors (Lipinski definition) is 1. The molecule has 1 N–H and O–H groups in total. The van der Waals surface area contributed by atoms with Crippen LogP contribution in [-0.2, 0) is 21.3 Å². The summed E-state index contributed by atoms with van der Waals surface area (Å²) in [5.41, 5.74) is 3.04. The van der Waals surface area contributed by atoms with Crippen molar-refractivity contribution in [2.75, 3.05) is 19.7 Å². The van der Waals surface area contributed by atoms with Gasteiger partial charge in [-0.1, -0.05) is 54.1 Å². The average Bonchev–Trinajstić information content (AvgIpc) is 3.46. The number of aliphatic hydroxyl groups is 1. The summed E-state index contributed by atoms with van der Waals surface area (Å²) in [6, 6.07) is 23.1. The Bertz CT molecular complexity index is 1340. The van der Waals surface area contributed by atoms with Gasteiger partial charge in [-0.3, -0.25) is 0 Å². The van der Waals surface area contributed by atoms with Gasteiger partial charge in [0, 0.05) is 41.5 Å². The third-order valence-corrected chi connectivity index (χ3v) is 8.42. The molecule has 0 bridgehead atoms. The van der Waals surface area contributed by atoms with E-state index in [1.54, 1.807) is 24.3 Å². The number of aryl methyl sites for hydroxylation is 1. The summed E-state index contributed by atoms with van der Waals surface area (Å²) in [5, 5.41) is 13.4. The standard InChI is InChI=1S/C27H30N2O4S/c1-20-12-14-23(15-13-20)34(31,32)28(19-22-7-6-16-33-22)17-21(30)18-29-26-10-4-2-8-24(26)25-9-3-5-11-27(25)29/h2-5,8-15,21-22,30H,6-7,16-19H2,1H3/t21-,22+/m0/s1. The first-order valence-corrected chi connectivity index (χ1v) is 13.2. The fourth-order valence-corrected chi connectivity index (χ4v) is 6.36. The van der Waals surface area contributed by atoms with Crippen LogP contribution < -0.4 is 0 Å². The van der Waals surface area contributed by atoms with Crippen molar-refractivity contribution in [3.63, 3.8) is 0 Å². The summed E-state index contributed by atoms with van der Waals surface area (Å²) in [6.45, 7) is 3.10. The summed E-state index contributed by atoms with van der Waals surface area (Å²) in [4.78, 5) is 0.236. The third kappa shape index (κ3) is 4.49. The molecule has 5 rings (SSSR count). The summed E-state index contributed by atoms with van der Waals surface area (Å²) in [5.74, 6) is 0. The molecule has 34 heavy (non-hydrogen) atoms. The highest BCUT2D eigenvalue weighted by Gasteiger charge is 2.31. The van der Waals surface area contributed by atoms with Crippen LogP contribution in [0.25, 0.3) is 21.8 Å². The Balaban J connectivity index is 1.45. The summed E-state index contributed by atoms with van der Waals surface area (Å²) in [7, 11) is -3.78. The van der Waals surface area contributed by atoms with Crippen LogP contribution in [0.2, 0.25) is 0 Å². The minimum Gasteiger partial charge on any atom is -0.390 e. The van der Waals surface area contributed by atoms with E-state index in [4.69, 9.17) is 4.74 Å². The molecule has 0 unspecified atom stereocenters. The van der Waals surface area contributed by atoms with Crippen LogP contribution in [0.1, 0.15) is 18.4 Å². The van der Waals surface area contributed by atoms with E-state index in [9.17, 15) is 13.5 Å². The van der Waals surface area contributed by atoms with Crippen molar-refractivity contribution < 1.29 is 18.3 Å². The van der Waals surface area contributed by atoms with Crippen LogP contribution in [0.3, 0.4) is 0 Å². The van der Waals surface area contributed by atoms with Gasteiger partial charge >= 0.3 is 0 Å². The Morgan fingerprint density at radius 2 is 1.62 bits per heavy atom. The van der Waals surface area contributed by atoms with Gasteiger partial charge in [-0.25, -0.2) is 8.42 Å². The molecule has 1 aliphatic heterocycles. The second kappa shape index (κ2) is 9.50. The molecular formula is C27H30N2O4S. The first-order valence-electron chi connectivity index (χ1n) is 11.8. The van der Waals surface area contributed by atoms with Gasteiger partial charge in [-0.2, -0.15) is 4.31 Å². The number of hydrogen-bond acceptors (Lipinski definition) is 4. The van der Waals surface area contributed by atoms with Crippen molar-refractivity contribution in [1.82, 2.24) is 8.87 Å². The minimum atomic E-state index is -3.78. The van der Waals surface area contributed by atoms with Crippen molar-refractivity contribution in [3.8, 4) is 0 Å². The van der Waals surface area contributed by atoms with Gasteiger partial charge in [-0.05, 0) is 44.0 Å². The number of fused-ring (bicyclic) bond motifs is 3. The molecule has 6 nitrogen and oxygen atoms in total. The van der Waals surface area contributed by atoms with E-state index in [0.717, 1.165) is 40.2 Å². The largest absolute Gasteiger partial charge is 0.390 e. The zero-order valence-corrected chi connectivity index (χ0v) is 20.1. The third-order valence-electron chi connectivity index (χ3n) is 6.58. The smallest absolute Gasteiger partial charge is 0.243 e. The molecule has 1 aliphatic rings. The number of nitrogens with zero attached hydrogens (tertiary/aromatic N) is 2. The molecule has 2 heterocycles. The molecule has 3 aromatic carbocycles. The number of sulfonamides is 1. The van der Waals surface area contributed by atoms with Gasteiger partial charge < -0.3 is 14.4 Å². The molecule has 0 spiro atoms. The lowest BCUT2D eigenvalue weighted by Gasteiger charge is -2.27. The molecule has 1 saturated heterocycles. The van der Waals surface area contributed by atoms with Crippen LogP contribution in [0, 0.1) is 6.92 Å². The predicted molar refractivity (Wildman–Crippen MR) is 134 cm³/mol. The van der Waals surface area contributed by atoms with Crippen LogP contribution in [0.4, 0.5) is 0 Å². The zero-order chi connectivity index (χ0) is 23.7. The van der Waals surface area contributed by atoms with Crippen LogP contribution >= 0.6 is 0 Å². The quantitative estimate of drug-likeness (QED) is 0.409. The second-order valence-electron chi connectivity index (χ2n) is 9.07. The van der Waals surface area contributed by atoms with Crippen molar-refractivity contribution in [2.45, 2.75) is 43.4 Å². The SMILES string of the molecule is Cc1ccc(S(=O)(=O)N(C[C@H](O)Cn2c3ccccc3c3ccccc32)C[C@H]2CCCO2)cc1. The fourth-order valence-electron chi connectivity index (χ4n) is 4.85. The Labute approximate surface area is 200 Å². The number of rotatable bonds is 8. The van der Waals surface area contributed by atoms with Gasteiger partial charge in [-0.15, -0.1) is 0 Å². The van der Waals surface area contributed by atoms with Crippen molar-refractivity contribution in [2.24, 2.45) is 0 Å². The molecule has 0 aliphatic carbocycles. The van der Waals surface area contributed by atoms with Crippen LogP contribution in [-0.4, -0.2) is 54.3 Å². The Morgan fingerprint density at radius 1 is 1.00 bits per heavy atom. The highest BCUT2D eigenvalue weighted by Crippen LogP contribution is 2.29. The highest BCUT2D eigenvalue weighted by atomic mass is 32.2. The molecular weight excluding hydrogens is 448 g/mol. The van der Waals surface area contributed by atoms with E-state index in [1.807, 2.05) is 43.3 Å². The molecule has 0 radical (unpaired) electrons. The van der Waals surface area contributed by atoms with Crippen molar-refractivity contribution >= 4 is 31.8 Å². The molecule has 4 aromatic rings. The van der Waals surface area contributed by atoms with Gasteiger partial charge in [0.1, 0.15) is 0 Å². The van der Waals surface area contributed by atoms with Gasteiger partial charge in [0.05, 0.1) is 23.6 Å². The van der Waals surface area contributed by atoms with Gasteiger partial charge in [0.15, 0.2) is 0 Å². The maximum Gasteiger partial charge on any atom is 0.243 e. The molecule has 1 fully saturated rings. The van der Waals surface area contributed by atoms with E-state index in [2.05, 4.69) is 16.7 Å². The predicted octanol–water partition coefficient (Wildman–Crippen LogP) is 4.33. The van der Waals surface area contributed by atoms with E-state index in [1.165, 1.54) is 4.31 Å². The molecule has 0 saturated carbocycles. The lowest BCUT2D eigenvalue weighted by atomic mass is 10.2. The Hall–Kier alpha value is -2.71. The maximum absolute atomic E-state index is 13.5. The van der Waals surface area contributed by atoms with Crippen molar-refractivity contribution in [1.29, 1.82) is 0 Å². The number of para-hydroxylation sites is 2. The first kappa shape index (κ1) is 23.1. The number of ether oxygens (including phenoxy) is 1. The zero-order valence-electron chi connectivity index (χ0n) is 19.3. The monoisotopic (exact) mass is 478 g/mol. The molecule has 1 aromatic heterocycles. The maximum atomic E-state index is 13.5. The van der Waals surface area contributed by atoms with E-state index in [0.29, 0.717) is 13.2 Å². The minimum absolute atomic E-state index is 0.00307. The van der Waals surface area contributed by atoms with Crippen molar-refractivity contribution in [3.05, 3.63) is 78.4 Å². The van der Waals surface area contributed by atoms with Gasteiger partial charge in [0.25, 0.3) is 0 Å². The summed E-state index contributed by atoms with van der Waals surface area (Å²) < 4.78 is 36.3. The lowest BCUT2D eigenvalue weighted by Crippen LogP contribution is -2.43. The lowest BCUT2D eigenvalue weighted by molar-refractivity contribution is 0.0751. The number of benzene rings is 3. The Kier molecular flexibility index (Phi) is 6.44.